The van der Waals surface area contributed by atoms with Crippen LogP contribution in [-0.2, 0) is 0 Å². The molecular formula is C23H28N2O3. The second kappa shape index (κ2) is 9.93. The van der Waals surface area contributed by atoms with Crippen molar-refractivity contribution in [2.24, 2.45) is 0 Å². The van der Waals surface area contributed by atoms with Gasteiger partial charge in [-0.25, -0.2) is 0 Å². The van der Waals surface area contributed by atoms with Crippen molar-refractivity contribution in [3.63, 3.8) is 0 Å². The summed E-state index contributed by atoms with van der Waals surface area (Å²) in [5.74, 6) is 0.411. The second-order valence-electron chi connectivity index (χ2n) is 7.15. The van der Waals surface area contributed by atoms with E-state index in [-0.39, 0.29) is 17.9 Å². The third kappa shape index (κ3) is 5.59. The van der Waals surface area contributed by atoms with Gasteiger partial charge in [-0.05, 0) is 62.2 Å². The number of benzene rings is 2. The van der Waals surface area contributed by atoms with Crippen LogP contribution in [0.15, 0.2) is 48.5 Å². The van der Waals surface area contributed by atoms with E-state index >= 15 is 0 Å². The fourth-order valence-electron chi connectivity index (χ4n) is 3.50. The number of hydrogen-bond acceptors (Lipinski definition) is 3. The molecule has 0 aromatic heterocycles. The molecule has 0 spiro atoms. The van der Waals surface area contributed by atoms with Crippen LogP contribution in [0.4, 0.5) is 5.69 Å². The predicted octanol–water partition coefficient (Wildman–Crippen LogP) is 4.79. The number of carbonyl (C=O) groups excluding carboxylic acids is 2. The van der Waals surface area contributed by atoms with E-state index in [1.54, 1.807) is 36.4 Å². The van der Waals surface area contributed by atoms with E-state index in [0.717, 1.165) is 31.4 Å². The first-order valence-electron chi connectivity index (χ1n) is 10.1. The van der Waals surface area contributed by atoms with Crippen LogP contribution in [0.3, 0.4) is 0 Å². The summed E-state index contributed by atoms with van der Waals surface area (Å²) in [7, 11) is 0. The summed E-state index contributed by atoms with van der Waals surface area (Å²) < 4.78 is 5.41. The van der Waals surface area contributed by atoms with Gasteiger partial charge in [-0.15, -0.1) is 0 Å². The summed E-state index contributed by atoms with van der Waals surface area (Å²) in [6.07, 6.45) is 6.87. The lowest BCUT2D eigenvalue weighted by Crippen LogP contribution is -2.34. The van der Waals surface area contributed by atoms with Crippen LogP contribution in [0.2, 0.25) is 0 Å². The Hall–Kier alpha value is -2.82. The Morgan fingerprint density at radius 1 is 0.929 bits per heavy atom. The van der Waals surface area contributed by atoms with Crippen LogP contribution in [0.25, 0.3) is 0 Å². The quantitative estimate of drug-likeness (QED) is 0.708. The van der Waals surface area contributed by atoms with E-state index in [0.29, 0.717) is 23.4 Å². The van der Waals surface area contributed by atoms with Crippen molar-refractivity contribution in [3.8, 4) is 5.75 Å². The van der Waals surface area contributed by atoms with Crippen LogP contribution in [-0.4, -0.2) is 24.5 Å². The third-order valence-corrected chi connectivity index (χ3v) is 5.00. The molecule has 0 heterocycles. The fourth-order valence-corrected chi connectivity index (χ4v) is 3.50. The molecule has 28 heavy (non-hydrogen) atoms. The standard InChI is InChI=1S/C23H28N2O3/c1-2-28-21-14-12-20(13-15-21)25-23(27)18-9-7-8-17(16-18)22(26)24-19-10-5-3-4-6-11-19/h7-9,12-16,19H,2-6,10-11H2,1H3,(H,24,26)(H,25,27). The average Bonchev–Trinajstić information content (AvgIpc) is 2.98. The Morgan fingerprint density at radius 2 is 1.57 bits per heavy atom. The van der Waals surface area contributed by atoms with Crippen molar-refractivity contribution in [2.75, 3.05) is 11.9 Å². The summed E-state index contributed by atoms with van der Waals surface area (Å²) in [6, 6.07) is 14.3. The molecule has 2 aromatic rings. The Labute approximate surface area is 166 Å². The van der Waals surface area contributed by atoms with E-state index in [9.17, 15) is 9.59 Å². The first kappa shape index (κ1) is 19.9. The van der Waals surface area contributed by atoms with E-state index in [1.165, 1.54) is 12.8 Å². The Kier molecular flexibility index (Phi) is 7.06. The molecule has 0 saturated heterocycles. The Bertz CT molecular complexity index is 794. The van der Waals surface area contributed by atoms with Gasteiger partial charge in [0.1, 0.15) is 5.75 Å². The maximum atomic E-state index is 12.6. The maximum Gasteiger partial charge on any atom is 0.255 e. The topological polar surface area (TPSA) is 67.4 Å². The molecule has 0 unspecified atom stereocenters. The highest BCUT2D eigenvalue weighted by atomic mass is 16.5. The van der Waals surface area contributed by atoms with Crippen LogP contribution in [0.1, 0.15) is 66.2 Å². The number of anilines is 1. The number of ether oxygens (including phenoxy) is 1. The van der Waals surface area contributed by atoms with Crippen LogP contribution in [0, 0.1) is 0 Å². The van der Waals surface area contributed by atoms with Crippen LogP contribution < -0.4 is 15.4 Å². The molecule has 0 atom stereocenters. The van der Waals surface area contributed by atoms with Crippen molar-refractivity contribution in [3.05, 3.63) is 59.7 Å². The van der Waals surface area contributed by atoms with Crippen molar-refractivity contribution >= 4 is 17.5 Å². The highest BCUT2D eigenvalue weighted by molar-refractivity contribution is 6.06. The molecule has 148 valence electrons. The first-order valence-corrected chi connectivity index (χ1v) is 10.1. The van der Waals surface area contributed by atoms with Crippen molar-refractivity contribution in [1.82, 2.24) is 5.32 Å². The number of hydrogen-bond donors (Lipinski definition) is 2. The summed E-state index contributed by atoms with van der Waals surface area (Å²) in [4.78, 5) is 25.2. The number of rotatable bonds is 6. The molecule has 5 heteroatoms. The van der Waals surface area contributed by atoms with E-state index in [1.807, 2.05) is 19.1 Å². The zero-order chi connectivity index (χ0) is 19.8. The van der Waals surface area contributed by atoms with Gasteiger partial charge in [0.25, 0.3) is 11.8 Å². The largest absolute Gasteiger partial charge is 0.494 e. The molecule has 3 rings (SSSR count). The predicted molar refractivity (Wildman–Crippen MR) is 111 cm³/mol. The normalized spacial score (nSPS) is 14.8. The van der Waals surface area contributed by atoms with Crippen LogP contribution >= 0.6 is 0 Å². The van der Waals surface area contributed by atoms with Crippen molar-refractivity contribution in [1.29, 1.82) is 0 Å². The van der Waals surface area contributed by atoms with Gasteiger partial charge >= 0.3 is 0 Å². The van der Waals surface area contributed by atoms with Gasteiger partial charge in [-0.1, -0.05) is 31.7 Å². The second-order valence-corrected chi connectivity index (χ2v) is 7.15. The van der Waals surface area contributed by atoms with Gasteiger partial charge < -0.3 is 15.4 Å². The number of carbonyl (C=O) groups is 2. The van der Waals surface area contributed by atoms with Gasteiger partial charge in [0.2, 0.25) is 0 Å². The van der Waals surface area contributed by atoms with Crippen LogP contribution in [0.5, 0.6) is 5.75 Å². The lowest BCUT2D eigenvalue weighted by atomic mass is 10.1. The first-order chi connectivity index (χ1) is 13.7. The molecule has 0 radical (unpaired) electrons. The van der Waals surface area contributed by atoms with Crippen molar-refractivity contribution in [2.45, 2.75) is 51.5 Å². The van der Waals surface area contributed by atoms with Gasteiger partial charge in [0.05, 0.1) is 6.61 Å². The fraction of sp³-hybridized carbons (Fsp3) is 0.391. The van der Waals surface area contributed by atoms with Gasteiger partial charge in [-0.2, -0.15) is 0 Å². The zero-order valence-corrected chi connectivity index (χ0v) is 16.4. The van der Waals surface area contributed by atoms with Gasteiger partial charge in [0, 0.05) is 22.9 Å². The highest BCUT2D eigenvalue weighted by Gasteiger charge is 2.17. The lowest BCUT2D eigenvalue weighted by Gasteiger charge is -2.16. The highest BCUT2D eigenvalue weighted by Crippen LogP contribution is 2.19. The van der Waals surface area contributed by atoms with Gasteiger partial charge in [0.15, 0.2) is 0 Å². The molecule has 2 N–H and O–H groups in total. The summed E-state index contributed by atoms with van der Waals surface area (Å²) >= 11 is 0. The van der Waals surface area contributed by atoms with E-state index in [2.05, 4.69) is 10.6 Å². The van der Waals surface area contributed by atoms with Crippen molar-refractivity contribution < 1.29 is 14.3 Å². The minimum absolute atomic E-state index is 0.109. The molecule has 1 saturated carbocycles. The molecule has 2 amide bonds. The monoisotopic (exact) mass is 380 g/mol. The Morgan fingerprint density at radius 3 is 2.21 bits per heavy atom. The molecule has 1 aliphatic rings. The molecule has 5 nitrogen and oxygen atoms in total. The smallest absolute Gasteiger partial charge is 0.255 e. The molecule has 2 aromatic carbocycles. The minimum atomic E-state index is -0.242. The third-order valence-electron chi connectivity index (χ3n) is 5.00. The summed E-state index contributed by atoms with van der Waals surface area (Å²) in [5, 5.41) is 5.98. The molecule has 1 fully saturated rings. The molecular weight excluding hydrogens is 352 g/mol. The lowest BCUT2D eigenvalue weighted by molar-refractivity contribution is 0.0933. The van der Waals surface area contributed by atoms with Gasteiger partial charge in [-0.3, -0.25) is 9.59 Å². The van der Waals surface area contributed by atoms with E-state index in [4.69, 9.17) is 4.74 Å². The Balaban J connectivity index is 1.62. The SMILES string of the molecule is CCOc1ccc(NC(=O)c2cccc(C(=O)NC3CCCCCC3)c2)cc1. The zero-order valence-electron chi connectivity index (χ0n) is 16.4. The molecule has 1 aliphatic carbocycles. The summed E-state index contributed by atoms with van der Waals surface area (Å²) in [5.41, 5.74) is 1.66. The maximum absolute atomic E-state index is 12.6. The number of nitrogens with one attached hydrogen (secondary N) is 2. The minimum Gasteiger partial charge on any atom is -0.494 e. The molecule has 0 aliphatic heterocycles. The average molecular weight is 380 g/mol. The molecule has 0 bridgehead atoms. The number of amides is 2. The summed E-state index contributed by atoms with van der Waals surface area (Å²) in [6.45, 7) is 2.52. The van der Waals surface area contributed by atoms with E-state index < -0.39 is 0 Å².